The van der Waals surface area contributed by atoms with Crippen LogP contribution in [0.1, 0.15) is 130 Å². The molecule has 0 aromatic rings. The summed E-state index contributed by atoms with van der Waals surface area (Å²) >= 11 is 0. The van der Waals surface area contributed by atoms with E-state index in [1.165, 1.54) is 13.8 Å². The normalized spacial score (nSPS) is 23.7. The van der Waals surface area contributed by atoms with Crippen LogP contribution in [0.5, 0.6) is 0 Å². The summed E-state index contributed by atoms with van der Waals surface area (Å²) in [7, 11) is 0. The molecule has 7 atom stereocenters. The molecule has 4 amide bonds. The number of nitrogens with one attached hydrogen (secondary N) is 4. The van der Waals surface area contributed by atoms with Crippen LogP contribution in [0.2, 0.25) is 0 Å². The largest absolute Gasteiger partial charge is 0.394 e. The molecule has 0 radical (unpaired) electrons. The van der Waals surface area contributed by atoms with E-state index in [2.05, 4.69) is 28.2 Å². The maximum atomic E-state index is 13.0. The number of aliphatic hydroxyl groups excluding tert-OH is 2. The minimum Gasteiger partial charge on any atom is -0.394 e. The van der Waals surface area contributed by atoms with Crippen molar-refractivity contribution < 1.29 is 53.1 Å². The van der Waals surface area contributed by atoms with Gasteiger partial charge in [-0.05, 0) is 77.0 Å². The number of Topliss-reactive ketones (excluding diaryl/α,β-unsaturated/α-hetero) is 1. The fourth-order valence-electron chi connectivity index (χ4n) is 6.36. The van der Waals surface area contributed by atoms with Gasteiger partial charge in [-0.25, -0.2) is 0 Å². The van der Waals surface area contributed by atoms with Gasteiger partial charge in [-0.1, -0.05) is 19.8 Å². The summed E-state index contributed by atoms with van der Waals surface area (Å²) in [6.45, 7) is 5.89. The summed E-state index contributed by atoms with van der Waals surface area (Å²) in [5.74, 6) is -0.571. The number of amides is 4. The Morgan fingerprint density at radius 3 is 1.69 bits per heavy atom. The summed E-state index contributed by atoms with van der Waals surface area (Å²) in [6.07, 6.45) is 8.60. The van der Waals surface area contributed by atoms with E-state index < -0.39 is 18.6 Å². The number of unbranched alkanes of at least 4 members (excludes halogenated alkanes) is 5. The van der Waals surface area contributed by atoms with Crippen molar-refractivity contribution in [2.45, 2.75) is 173 Å². The number of hydrogen-bond donors (Lipinski definition) is 6. The molecule has 0 aromatic heterocycles. The minimum atomic E-state index is -0.659. The van der Waals surface area contributed by atoms with Gasteiger partial charge in [-0.15, -0.1) is 0 Å². The van der Waals surface area contributed by atoms with Gasteiger partial charge in [0, 0.05) is 52.9 Å². The molecule has 0 bridgehead atoms. The molecular formula is C37H66N4O11. The molecule has 2 fully saturated rings. The quantitative estimate of drug-likeness (QED) is 0.0673. The monoisotopic (exact) mass is 742 g/mol. The van der Waals surface area contributed by atoms with Crippen molar-refractivity contribution in [1.82, 2.24) is 21.3 Å². The predicted molar refractivity (Wildman–Crippen MR) is 193 cm³/mol. The van der Waals surface area contributed by atoms with E-state index in [4.69, 9.17) is 18.9 Å². The molecule has 6 N–H and O–H groups in total. The van der Waals surface area contributed by atoms with Crippen LogP contribution >= 0.6 is 0 Å². The molecule has 52 heavy (non-hydrogen) atoms. The highest BCUT2D eigenvalue weighted by atomic mass is 16.7. The number of carbonyl (C=O) groups excluding carboxylic acids is 5. The second kappa shape index (κ2) is 27.0. The zero-order chi connectivity index (χ0) is 38.1. The van der Waals surface area contributed by atoms with Crippen LogP contribution < -0.4 is 21.3 Å². The van der Waals surface area contributed by atoms with E-state index in [0.29, 0.717) is 103 Å². The van der Waals surface area contributed by atoms with Gasteiger partial charge in [0.05, 0.1) is 43.5 Å². The summed E-state index contributed by atoms with van der Waals surface area (Å²) in [6, 6.07) is -1.13. The van der Waals surface area contributed by atoms with Gasteiger partial charge in [0.1, 0.15) is 0 Å². The molecule has 0 aliphatic carbocycles. The summed E-state index contributed by atoms with van der Waals surface area (Å²) < 4.78 is 23.2. The number of ketones is 1. The molecule has 0 aromatic carbocycles. The Balaban J connectivity index is 1.65. The summed E-state index contributed by atoms with van der Waals surface area (Å²) in [4.78, 5) is 61.2. The molecule has 2 saturated heterocycles. The van der Waals surface area contributed by atoms with Crippen molar-refractivity contribution in [3.63, 3.8) is 0 Å². The first-order chi connectivity index (χ1) is 25.1. The standard InChI is InChI=1S/C37H66N4O11/c1-4-5-6-14-33(46)30(41-35(48)16-9-12-23-50-37-32(40-27(3)45)20-18-29(25-43)52-37)13-7-10-21-38-34(47)15-8-11-22-49-36-31(39-26(2)44)19-17-28(24-42)51-36/h28-32,36-37,42-43H,4-25H2,1-3H3,(H,38,47)(H,39,44)(H,40,45)(H,41,48). The Labute approximate surface area is 309 Å². The second-order valence-electron chi connectivity index (χ2n) is 13.9. The molecule has 0 saturated carbocycles. The van der Waals surface area contributed by atoms with Gasteiger partial charge in [0.2, 0.25) is 23.6 Å². The van der Waals surface area contributed by atoms with E-state index in [1.54, 1.807) is 0 Å². The maximum absolute atomic E-state index is 13.0. The number of ether oxygens (including phenoxy) is 4. The molecule has 15 nitrogen and oxygen atoms in total. The number of hydrogen-bond acceptors (Lipinski definition) is 11. The molecule has 15 heteroatoms. The number of aliphatic hydroxyl groups is 2. The Morgan fingerprint density at radius 2 is 1.19 bits per heavy atom. The van der Waals surface area contributed by atoms with E-state index in [-0.39, 0.29) is 73.3 Å². The highest BCUT2D eigenvalue weighted by molar-refractivity contribution is 5.89. The Morgan fingerprint density at radius 1 is 0.673 bits per heavy atom. The highest BCUT2D eigenvalue weighted by Gasteiger charge is 2.33. The summed E-state index contributed by atoms with van der Waals surface area (Å²) in [5.41, 5.74) is 0. The smallest absolute Gasteiger partial charge is 0.220 e. The fourth-order valence-corrected chi connectivity index (χ4v) is 6.36. The van der Waals surface area contributed by atoms with Crippen LogP contribution in [-0.2, 0) is 42.9 Å². The topological polar surface area (TPSA) is 211 Å². The van der Waals surface area contributed by atoms with Crippen molar-refractivity contribution in [1.29, 1.82) is 0 Å². The Hall–Kier alpha value is -2.69. The lowest BCUT2D eigenvalue weighted by atomic mass is 10.00. The second-order valence-corrected chi connectivity index (χ2v) is 13.9. The first kappa shape index (κ1) is 45.5. The molecular weight excluding hydrogens is 676 g/mol. The molecule has 2 aliphatic rings. The zero-order valence-electron chi connectivity index (χ0n) is 31.7. The van der Waals surface area contributed by atoms with Crippen molar-refractivity contribution in [3.05, 3.63) is 0 Å². The molecule has 300 valence electrons. The number of rotatable bonds is 27. The van der Waals surface area contributed by atoms with E-state index >= 15 is 0 Å². The predicted octanol–water partition coefficient (Wildman–Crippen LogP) is 2.29. The lowest BCUT2D eigenvalue weighted by Crippen LogP contribution is -2.50. The highest BCUT2D eigenvalue weighted by Crippen LogP contribution is 2.22. The Kier molecular flexibility index (Phi) is 23.6. The molecule has 7 unspecified atom stereocenters. The third-order valence-electron chi connectivity index (χ3n) is 9.25. The van der Waals surface area contributed by atoms with Gasteiger partial charge >= 0.3 is 0 Å². The molecule has 2 rings (SSSR count). The Bertz CT molecular complexity index is 1060. The van der Waals surface area contributed by atoms with Crippen molar-refractivity contribution in [2.24, 2.45) is 0 Å². The first-order valence-electron chi connectivity index (χ1n) is 19.4. The fraction of sp³-hybridized carbons (Fsp3) is 0.865. The maximum Gasteiger partial charge on any atom is 0.220 e. The van der Waals surface area contributed by atoms with Gasteiger partial charge in [-0.3, -0.25) is 24.0 Å². The molecule has 2 heterocycles. The van der Waals surface area contributed by atoms with Gasteiger partial charge in [0.25, 0.3) is 0 Å². The van der Waals surface area contributed by atoms with Crippen LogP contribution in [0.3, 0.4) is 0 Å². The van der Waals surface area contributed by atoms with Gasteiger partial charge in [-0.2, -0.15) is 0 Å². The van der Waals surface area contributed by atoms with Gasteiger partial charge in [0.15, 0.2) is 18.4 Å². The third kappa shape index (κ3) is 19.4. The molecule has 0 spiro atoms. The van der Waals surface area contributed by atoms with Crippen molar-refractivity contribution in [3.8, 4) is 0 Å². The van der Waals surface area contributed by atoms with Crippen LogP contribution in [0.15, 0.2) is 0 Å². The first-order valence-corrected chi connectivity index (χ1v) is 19.4. The minimum absolute atomic E-state index is 0.0298. The SMILES string of the molecule is CCCCCC(=O)C(CCCCNC(=O)CCCCOC1OC(CO)CCC1NC(C)=O)NC(=O)CCCCOC1OC(CO)CCC1NC(C)=O. The van der Waals surface area contributed by atoms with E-state index in [1.807, 2.05) is 0 Å². The zero-order valence-corrected chi connectivity index (χ0v) is 31.7. The average Bonchev–Trinajstić information content (AvgIpc) is 3.11. The lowest BCUT2D eigenvalue weighted by Gasteiger charge is -2.35. The van der Waals surface area contributed by atoms with Crippen LogP contribution in [0, 0.1) is 0 Å². The molecule has 2 aliphatic heterocycles. The van der Waals surface area contributed by atoms with Crippen LogP contribution in [-0.4, -0.2) is 116 Å². The van der Waals surface area contributed by atoms with E-state index in [0.717, 1.165) is 19.3 Å². The van der Waals surface area contributed by atoms with Crippen molar-refractivity contribution in [2.75, 3.05) is 33.0 Å². The summed E-state index contributed by atoms with van der Waals surface area (Å²) in [5, 5.41) is 30.4. The van der Waals surface area contributed by atoms with Crippen molar-refractivity contribution >= 4 is 29.4 Å². The van der Waals surface area contributed by atoms with Crippen LogP contribution in [0.25, 0.3) is 0 Å². The third-order valence-corrected chi connectivity index (χ3v) is 9.25. The van der Waals surface area contributed by atoms with Gasteiger partial charge < -0.3 is 50.4 Å². The number of carbonyl (C=O) groups is 5. The average molecular weight is 743 g/mol. The van der Waals surface area contributed by atoms with E-state index in [9.17, 15) is 34.2 Å². The van der Waals surface area contributed by atoms with Crippen LogP contribution in [0.4, 0.5) is 0 Å². The lowest BCUT2D eigenvalue weighted by molar-refractivity contribution is -0.214.